The zero-order valence-corrected chi connectivity index (χ0v) is 18.8. The van der Waals surface area contributed by atoms with E-state index in [9.17, 15) is 13.2 Å². The molecule has 0 radical (unpaired) electrons. The molecule has 0 saturated heterocycles. The van der Waals surface area contributed by atoms with Gasteiger partial charge in [0.1, 0.15) is 0 Å². The van der Waals surface area contributed by atoms with Crippen LogP contribution in [0.1, 0.15) is 27.0 Å². The van der Waals surface area contributed by atoms with Crippen molar-refractivity contribution in [2.45, 2.75) is 18.7 Å². The molecule has 2 N–H and O–H groups in total. The Bertz CT molecular complexity index is 1210. The summed E-state index contributed by atoms with van der Waals surface area (Å²) in [6.07, 6.45) is 1.51. The SMILES string of the molecule is Cc1ccc(NS(=O)(=O)c2cccc(C(=O)NN=Cc3ccc(Br)cc3)c2)c(C)c1. The number of sulfonamides is 1. The van der Waals surface area contributed by atoms with E-state index in [0.29, 0.717) is 5.69 Å². The van der Waals surface area contributed by atoms with Gasteiger partial charge in [0.2, 0.25) is 0 Å². The largest absolute Gasteiger partial charge is 0.279 e. The van der Waals surface area contributed by atoms with Gasteiger partial charge in [0.25, 0.3) is 15.9 Å². The summed E-state index contributed by atoms with van der Waals surface area (Å²) in [5.74, 6) is -0.507. The van der Waals surface area contributed by atoms with Crippen molar-refractivity contribution in [1.82, 2.24) is 5.43 Å². The smallest absolute Gasteiger partial charge is 0.271 e. The van der Waals surface area contributed by atoms with Crippen LogP contribution < -0.4 is 10.1 Å². The highest BCUT2D eigenvalue weighted by molar-refractivity contribution is 9.10. The molecule has 3 rings (SSSR count). The lowest BCUT2D eigenvalue weighted by molar-refractivity contribution is 0.0955. The predicted octanol–water partition coefficient (Wildman–Crippen LogP) is 4.63. The average molecular weight is 486 g/mol. The molecule has 0 atom stereocenters. The second-order valence-electron chi connectivity index (χ2n) is 6.70. The molecule has 0 aliphatic carbocycles. The van der Waals surface area contributed by atoms with Crippen molar-refractivity contribution in [2.75, 3.05) is 4.72 Å². The van der Waals surface area contributed by atoms with Crippen LogP contribution in [0.4, 0.5) is 5.69 Å². The van der Waals surface area contributed by atoms with Crippen LogP contribution in [0.5, 0.6) is 0 Å². The molecule has 8 heteroatoms. The van der Waals surface area contributed by atoms with E-state index in [1.54, 1.807) is 6.07 Å². The highest BCUT2D eigenvalue weighted by Gasteiger charge is 2.17. The van der Waals surface area contributed by atoms with E-state index in [-0.39, 0.29) is 10.5 Å². The van der Waals surface area contributed by atoms with Crippen LogP contribution in [0, 0.1) is 13.8 Å². The molecule has 3 aromatic carbocycles. The van der Waals surface area contributed by atoms with Crippen LogP contribution in [0.15, 0.2) is 81.2 Å². The molecule has 0 unspecified atom stereocenters. The van der Waals surface area contributed by atoms with E-state index in [4.69, 9.17) is 0 Å². The third-order valence-corrected chi connectivity index (χ3v) is 6.17. The summed E-state index contributed by atoms with van der Waals surface area (Å²) in [5.41, 5.74) is 5.76. The summed E-state index contributed by atoms with van der Waals surface area (Å²) < 4.78 is 29.0. The molecule has 30 heavy (non-hydrogen) atoms. The lowest BCUT2D eigenvalue weighted by Gasteiger charge is -2.12. The molecule has 0 spiro atoms. The number of hydrogen-bond acceptors (Lipinski definition) is 4. The summed E-state index contributed by atoms with van der Waals surface area (Å²) in [6.45, 7) is 3.77. The first kappa shape index (κ1) is 21.7. The Morgan fingerprint density at radius 3 is 2.43 bits per heavy atom. The van der Waals surface area contributed by atoms with Crippen LogP contribution in [0.25, 0.3) is 0 Å². The molecule has 0 aliphatic heterocycles. The van der Waals surface area contributed by atoms with Gasteiger partial charge in [-0.05, 0) is 61.4 Å². The molecular formula is C22H20BrN3O3S. The van der Waals surface area contributed by atoms with Gasteiger partial charge in [0, 0.05) is 10.0 Å². The number of hydrazone groups is 1. The van der Waals surface area contributed by atoms with Crippen molar-refractivity contribution in [2.24, 2.45) is 5.10 Å². The maximum absolute atomic E-state index is 12.8. The van der Waals surface area contributed by atoms with E-state index >= 15 is 0 Å². The number of nitrogens with one attached hydrogen (secondary N) is 2. The van der Waals surface area contributed by atoms with Crippen LogP contribution in [0.2, 0.25) is 0 Å². The monoisotopic (exact) mass is 485 g/mol. The van der Waals surface area contributed by atoms with Gasteiger partial charge in [-0.3, -0.25) is 9.52 Å². The van der Waals surface area contributed by atoms with Crippen molar-refractivity contribution >= 4 is 43.8 Å². The van der Waals surface area contributed by atoms with Gasteiger partial charge in [-0.1, -0.05) is 51.8 Å². The molecule has 6 nitrogen and oxygen atoms in total. The van der Waals surface area contributed by atoms with Crippen molar-refractivity contribution in [3.05, 3.63) is 93.5 Å². The molecule has 0 aliphatic rings. The number of hydrogen-bond donors (Lipinski definition) is 2. The maximum atomic E-state index is 12.8. The van der Waals surface area contributed by atoms with Gasteiger partial charge < -0.3 is 0 Å². The van der Waals surface area contributed by atoms with Gasteiger partial charge >= 0.3 is 0 Å². The summed E-state index contributed by atoms with van der Waals surface area (Å²) >= 11 is 3.35. The molecule has 0 aromatic heterocycles. The first-order chi connectivity index (χ1) is 14.2. The standard InChI is InChI=1S/C22H20BrN3O3S/c1-15-6-11-21(16(2)12-15)26-30(28,29)20-5-3-4-18(13-20)22(27)25-24-14-17-7-9-19(23)10-8-17/h3-14,26H,1-2H3,(H,25,27). The van der Waals surface area contributed by atoms with Crippen molar-refractivity contribution in [1.29, 1.82) is 0 Å². The number of carbonyl (C=O) groups is 1. The third kappa shape index (κ3) is 5.55. The fourth-order valence-corrected chi connectivity index (χ4v) is 4.16. The minimum absolute atomic E-state index is 0.00739. The average Bonchev–Trinajstić information content (AvgIpc) is 2.71. The molecule has 154 valence electrons. The van der Waals surface area contributed by atoms with Crippen LogP contribution >= 0.6 is 15.9 Å². The first-order valence-electron chi connectivity index (χ1n) is 9.04. The van der Waals surface area contributed by atoms with E-state index < -0.39 is 15.9 Å². The number of nitrogens with zero attached hydrogens (tertiary/aromatic N) is 1. The van der Waals surface area contributed by atoms with E-state index in [2.05, 4.69) is 31.2 Å². The van der Waals surface area contributed by atoms with E-state index in [1.165, 1.54) is 30.5 Å². The first-order valence-corrected chi connectivity index (χ1v) is 11.3. The molecule has 0 fully saturated rings. The van der Waals surface area contributed by atoms with Gasteiger partial charge in [-0.25, -0.2) is 13.8 Å². The minimum Gasteiger partial charge on any atom is -0.279 e. The Morgan fingerprint density at radius 1 is 1.00 bits per heavy atom. The van der Waals surface area contributed by atoms with Gasteiger partial charge in [0.15, 0.2) is 0 Å². The molecular weight excluding hydrogens is 466 g/mol. The maximum Gasteiger partial charge on any atom is 0.271 e. The summed E-state index contributed by atoms with van der Waals surface area (Å²) in [7, 11) is -3.85. The Morgan fingerprint density at radius 2 is 1.73 bits per heavy atom. The highest BCUT2D eigenvalue weighted by Crippen LogP contribution is 2.21. The molecule has 1 amide bonds. The minimum atomic E-state index is -3.85. The molecule has 0 saturated carbocycles. The topological polar surface area (TPSA) is 87.6 Å². The Labute approximate surface area is 184 Å². The zero-order chi connectivity index (χ0) is 21.7. The number of halogens is 1. The van der Waals surface area contributed by atoms with E-state index in [1.807, 2.05) is 50.2 Å². The second-order valence-corrected chi connectivity index (χ2v) is 9.30. The number of rotatable bonds is 6. The summed E-state index contributed by atoms with van der Waals surface area (Å²) in [4.78, 5) is 12.4. The number of amides is 1. The highest BCUT2D eigenvalue weighted by atomic mass is 79.9. The van der Waals surface area contributed by atoms with Crippen LogP contribution in [-0.2, 0) is 10.0 Å². The lowest BCUT2D eigenvalue weighted by Crippen LogP contribution is -2.19. The third-order valence-electron chi connectivity index (χ3n) is 4.28. The number of benzene rings is 3. The van der Waals surface area contributed by atoms with Crippen molar-refractivity contribution in [3.8, 4) is 0 Å². The van der Waals surface area contributed by atoms with Gasteiger partial charge in [-0.15, -0.1) is 0 Å². The van der Waals surface area contributed by atoms with Crippen molar-refractivity contribution in [3.63, 3.8) is 0 Å². The normalized spacial score (nSPS) is 11.4. The van der Waals surface area contributed by atoms with Crippen LogP contribution in [0.3, 0.4) is 0 Å². The van der Waals surface area contributed by atoms with Gasteiger partial charge in [0.05, 0.1) is 16.8 Å². The molecule has 3 aromatic rings. The number of anilines is 1. The fraction of sp³-hybridized carbons (Fsp3) is 0.0909. The zero-order valence-electron chi connectivity index (χ0n) is 16.4. The fourth-order valence-electron chi connectivity index (χ4n) is 2.72. The van der Waals surface area contributed by atoms with E-state index in [0.717, 1.165) is 21.2 Å². The lowest BCUT2D eigenvalue weighted by atomic mass is 10.1. The van der Waals surface area contributed by atoms with Crippen molar-refractivity contribution < 1.29 is 13.2 Å². The molecule has 0 bridgehead atoms. The van der Waals surface area contributed by atoms with Gasteiger partial charge in [-0.2, -0.15) is 5.10 Å². The summed E-state index contributed by atoms with van der Waals surface area (Å²) in [5, 5.41) is 3.92. The second kappa shape index (κ2) is 9.23. The predicted molar refractivity (Wildman–Crippen MR) is 122 cm³/mol. The molecule has 0 heterocycles. The number of aryl methyl sites for hydroxylation is 2. The Balaban J connectivity index is 1.74. The Kier molecular flexibility index (Phi) is 6.69. The summed E-state index contributed by atoms with van der Waals surface area (Å²) in [6, 6.07) is 18.6. The quantitative estimate of drug-likeness (QED) is 0.394. The van der Waals surface area contributed by atoms with Crippen LogP contribution in [-0.4, -0.2) is 20.5 Å². The number of carbonyl (C=O) groups excluding carboxylic acids is 1. The Hall–Kier alpha value is -2.97.